The number of nitrogens with zero attached hydrogens (tertiary/aromatic N) is 1. The highest BCUT2D eigenvalue weighted by Crippen LogP contribution is 2.25. The largest absolute Gasteiger partial charge is 0.497 e. The Balaban J connectivity index is 1.99. The van der Waals surface area contributed by atoms with Crippen LogP contribution in [0.2, 0.25) is 0 Å². The van der Waals surface area contributed by atoms with Crippen LogP contribution in [-0.4, -0.2) is 17.9 Å². The summed E-state index contributed by atoms with van der Waals surface area (Å²) < 4.78 is 14.0. The lowest BCUT2D eigenvalue weighted by atomic mass is 10.0. The summed E-state index contributed by atoms with van der Waals surface area (Å²) in [5.41, 5.74) is 2.31. The van der Waals surface area contributed by atoms with Gasteiger partial charge in [0.05, 0.1) is 14.5 Å². The molecular formula is C23H23NO2. The number of benzene rings is 3. The Kier molecular flexibility index (Phi) is 5.26. The van der Waals surface area contributed by atoms with Gasteiger partial charge in [-0.15, -0.1) is 0 Å². The maximum atomic E-state index is 13.3. The van der Waals surface area contributed by atoms with Gasteiger partial charge >= 0.3 is 0 Å². The molecule has 3 rings (SSSR count). The molecule has 3 aromatic carbocycles. The van der Waals surface area contributed by atoms with Crippen molar-refractivity contribution >= 4 is 5.91 Å². The molecule has 2 atom stereocenters. The number of carbonyl (C=O) groups excluding carboxylic acids is 1. The first kappa shape index (κ1) is 16.4. The summed E-state index contributed by atoms with van der Waals surface area (Å²) in [5.74, 6) is 0.512. The minimum absolute atomic E-state index is 0.183. The smallest absolute Gasteiger partial charge is 0.254 e. The molecule has 0 bridgehead atoms. The van der Waals surface area contributed by atoms with Crippen molar-refractivity contribution in [2.75, 3.05) is 7.11 Å². The molecule has 0 heterocycles. The van der Waals surface area contributed by atoms with Gasteiger partial charge in [0, 0.05) is 12.1 Å². The molecule has 0 aliphatic carbocycles. The Hall–Kier alpha value is -3.07. The van der Waals surface area contributed by atoms with E-state index < -0.39 is 6.52 Å². The van der Waals surface area contributed by atoms with Crippen LogP contribution < -0.4 is 4.74 Å². The quantitative estimate of drug-likeness (QED) is 0.621. The first-order valence-electron chi connectivity index (χ1n) is 9.18. The van der Waals surface area contributed by atoms with E-state index in [0.717, 1.165) is 11.1 Å². The monoisotopic (exact) mass is 346 g/mol. The number of carbonyl (C=O) groups is 1. The van der Waals surface area contributed by atoms with Gasteiger partial charge in [-0.3, -0.25) is 4.79 Å². The molecule has 0 saturated carbocycles. The van der Waals surface area contributed by atoms with Crippen LogP contribution in [0, 0.1) is 0 Å². The van der Waals surface area contributed by atoms with Crippen molar-refractivity contribution in [3.8, 4) is 5.75 Å². The molecule has 0 saturated heterocycles. The summed E-state index contributed by atoms with van der Waals surface area (Å²) in [6, 6.07) is 26.0. The lowest BCUT2D eigenvalue weighted by molar-refractivity contribution is 0.0674. The van der Waals surface area contributed by atoms with Gasteiger partial charge in [0.25, 0.3) is 5.91 Å². The molecule has 1 amide bonds. The molecule has 0 fully saturated rings. The molecule has 0 N–H and O–H groups in total. The van der Waals surface area contributed by atoms with Crippen LogP contribution >= 0.6 is 0 Å². The second kappa shape index (κ2) is 8.34. The highest BCUT2D eigenvalue weighted by atomic mass is 16.5. The molecule has 3 heteroatoms. The van der Waals surface area contributed by atoms with Gasteiger partial charge < -0.3 is 9.64 Å². The fourth-order valence-corrected chi connectivity index (χ4v) is 2.82. The van der Waals surface area contributed by atoms with Gasteiger partial charge in [0.15, 0.2) is 0 Å². The highest BCUT2D eigenvalue weighted by molar-refractivity contribution is 5.94. The van der Waals surface area contributed by atoms with Crippen molar-refractivity contribution in [2.24, 2.45) is 0 Å². The van der Waals surface area contributed by atoms with Crippen LogP contribution in [0.25, 0.3) is 0 Å². The minimum atomic E-state index is -0.809. The molecule has 0 unspecified atom stereocenters. The number of ether oxygens (including phenoxy) is 1. The predicted molar refractivity (Wildman–Crippen MR) is 104 cm³/mol. The van der Waals surface area contributed by atoms with E-state index in [1.807, 2.05) is 67.6 Å². The Morgan fingerprint density at radius 1 is 0.962 bits per heavy atom. The SMILES string of the molecule is [2H][C@H](c1ccccc1)N(C(=O)c1ccc(OC)cc1)[C@@H](C)c1ccccc1. The average molecular weight is 346 g/mol. The Morgan fingerprint density at radius 3 is 2.12 bits per heavy atom. The third-order valence-electron chi connectivity index (χ3n) is 4.36. The molecule has 132 valence electrons. The van der Waals surface area contributed by atoms with Gasteiger partial charge in [-0.2, -0.15) is 0 Å². The van der Waals surface area contributed by atoms with Crippen molar-refractivity contribution in [1.29, 1.82) is 0 Å². The van der Waals surface area contributed by atoms with E-state index in [9.17, 15) is 4.79 Å². The maximum absolute atomic E-state index is 13.3. The average Bonchev–Trinajstić information content (AvgIpc) is 2.75. The summed E-state index contributed by atoms with van der Waals surface area (Å²) in [7, 11) is 1.59. The second-order valence-corrected chi connectivity index (χ2v) is 6.07. The van der Waals surface area contributed by atoms with Crippen LogP contribution in [0.4, 0.5) is 0 Å². The van der Waals surface area contributed by atoms with E-state index in [0.29, 0.717) is 11.3 Å². The number of amides is 1. The normalized spacial score (nSPS) is 13.4. The lowest BCUT2D eigenvalue weighted by Crippen LogP contribution is -2.33. The third-order valence-corrected chi connectivity index (χ3v) is 4.36. The van der Waals surface area contributed by atoms with E-state index >= 15 is 0 Å². The van der Waals surface area contributed by atoms with Crippen LogP contribution in [0.15, 0.2) is 84.9 Å². The van der Waals surface area contributed by atoms with Crippen molar-refractivity contribution in [2.45, 2.75) is 19.5 Å². The van der Waals surface area contributed by atoms with E-state index in [1.165, 1.54) is 0 Å². The first-order chi connectivity index (χ1) is 13.1. The number of rotatable bonds is 6. The van der Waals surface area contributed by atoms with Crippen LogP contribution in [0.3, 0.4) is 0 Å². The van der Waals surface area contributed by atoms with E-state index in [2.05, 4.69) is 0 Å². The summed E-state index contributed by atoms with van der Waals surface area (Å²) in [4.78, 5) is 15.0. The fraction of sp³-hybridized carbons (Fsp3) is 0.174. The molecule has 26 heavy (non-hydrogen) atoms. The first-order valence-corrected chi connectivity index (χ1v) is 8.60. The number of hydrogen-bond donors (Lipinski definition) is 0. The van der Waals surface area contributed by atoms with Gasteiger partial charge in [-0.25, -0.2) is 0 Å². The molecule has 0 aliphatic rings. The maximum Gasteiger partial charge on any atom is 0.254 e. The summed E-state index contributed by atoms with van der Waals surface area (Å²) in [6.45, 7) is 1.15. The van der Waals surface area contributed by atoms with Crippen LogP contribution in [-0.2, 0) is 6.52 Å². The molecule has 0 aromatic heterocycles. The van der Waals surface area contributed by atoms with Gasteiger partial charge in [0.2, 0.25) is 0 Å². The Morgan fingerprint density at radius 2 is 1.54 bits per heavy atom. The second-order valence-electron chi connectivity index (χ2n) is 6.07. The summed E-state index contributed by atoms with van der Waals surface area (Å²) >= 11 is 0. The van der Waals surface area contributed by atoms with E-state index in [4.69, 9.17) is 6.11 Å². The fourth-order valence-electron chi connectivity index (χ4n) is 2.82. The summed E-state index contributed by atoms with van der Waals surface area (Å²) in [5, 5.41) is 0. The molecule has 0 aliphatic heterocycles. The van der Waals surface area contributed by atoms with E-state index in [1.54, 1.807) is 36.3 Å². The van der Waals surface area contributed by atoms with E-state index in [-0.39, 0.29) is 11.9 Å². The number of methoxy groups -OCH3 is 1. The zero-order valence-electron chi connectivity index (χ0n) is 16.0. The Labute approximate surface area is 156 Å². The topological polar surface area (TPSA) is 29.5 Å². The molecular weight excluding hydrogens is 322 g/mol. The molecule has 0 spiro atoms. The highest BCUT2D eigenvalue weighted by Gasteiger charge is 2.23. The van der Waals surface area contributed by atoms with Crippen molar-refractivity contribution in [3.63, 3.8) is 0 Å². The van der Waals surface area contributed by atoms with Crippen LogP contribution in [0.5, 0.6) is 5.75 Å². The summed E-state index contributed by atoms with van der Waals surface area (Å²) in [6.07, 6.45) is 0. The van der Waals surface area contributed by atoms with Crippen molar-refractivity contribution in [3.05, 3.63) is 102 Å². The molecule has 0 radical (unpaired) electrons. The predicted octanol–water partition coefficient (Wildman–Crippen LogP) is 5.10. The van der Waals surface area contributed by atoms with Crippen molar-refractivity contribution in [1.82, 2.24) is 4.90 Å². The zero-order valence-corrected chi connectivity index (χ0v) is 15.0. The lowest BCUT2D eigenvalue weighted by Gasteiger charge is -2.30. The van der Waals surface area contributed by atoms with Gasteiger partial charge in [-0.1, -0.05) is 60.7 Å². The molecule has 3 nitrogen and oxygen atoms in total. The van der Waals surface area contributed by atoms with Crippen molar-refractivity contribution < 1.29 is 10.9 Å². The molecule has 3 aromatic rings. The minimum Gasteiger partial charge on any atom is -0.497 e. The zero-order chi connectivity index (χ0) is 19.2. The standard InChI is InChI=1S/C23H23NO2/c1-18(20-11-7-4-8-12-20)24(17-19-9-5-3-6-10-19)23(25)21-13-15-22(26-2)16-14-21/h3-16,18H,17H2,1-2H3/t18-/m0/s1/i17D/t17-,18+/m1. The van der Waals surface area contributed by atoms with Crippen LogP contribution in [0.1, 0.15) is 35.8 Å². The van der Waals surface area contributed by atoms with Gasteiger partial charge in [-0.05, 0) is 42.3 Å². The van der Waals surface area contributed by atoms with Gasteiger partial charge in [0.1, 0.15) is 5.75 Å². The number of hydrogen-bond acceptors (Lipinski definition) is 2. The third kappa shape index (κ3) is 4.12. The Bertz CT molecular complexity index is 820.